The average Bonchev–Trinajstić information content (AvgIpc) is 2.88. The molecule has 0 bridgehead atoms. The van der Waals surface area contributed by atoms with E-state index in [1.54, 1.807) is 11.9 Å². The molecule has 1 N–H and O–H groups in total. The number of carbonyl (C=O) groups excluding carboxylic acids is 1. The van der Waals surface area contributed by atoms with Crippen molar-refractivity contribution in [3.63, 3.8) is 0 Å². The SMILES string of the molecule is CN(CC1CCCNC1)C(=O)c1ccc([N+](=O)[O-])s1. The number of rotatable bonds is 4. The lowest BCUT2D eigenvalue weighted by molar-refractivity contribution is -0.380. The molecule has 2 heterocycles. The van der Waals surface area contributed by atoms with E-state index < -0.39 is 4.92 Å². The molecular weight excluding hydrogens is 266 g/mol. The van der Waals surface area contributed by atoms with Crippen LogP contribution in [0.25, 0.3) is 0 Å². The van der Waals surface area contributed by atoms with Gasteiger partial charge in [0.25, 0.3) is 5.91 Å². The molecule has 0 aliphatic carbocycles. The zero-order valence-corrected chi connectivity index (χ0v) is 11.6. The molecule has 1 atom stereocenters. The van der Waals surface area contributed by atoms with Gasteiger partial charge in [-0.1, -0.05) is 11.3 Å². The van der Waals surface area contributed by atoms with Crippen molar-refractivity contribution < 1.29 is 9.72 Å². The molecule has 1 aliphatic rings. The van der Waals surface area contributed by atoms with E-state index in [4.69, 9.17) is 0 Å². The van der Waals surface area contributed by atoms with Crippen molar-refractivity contribution in [2.75, 3.05) is 26.7 Å². The fraction of sp³-hybridized carbons (Fsp3) is 0.583. The Bertz CT molecular complexity index is 469. The Morgan fingerprint density at radius 1 is 1.63 bits per heavy atom. The van der Waals surface area contributed by atoms with E-state index in [0.29, 0.717) is 17.3 Å². The van der Waals surface area contributed by atoms with E-state index in [-0.39, 0.29) is 10.9 Å². The number of thiophene rings is 1. The quantitative estimate of drug-likeness (QED) is 0.674. The minimum Gasteiger partial charge on any atom is -0.341 e. The normalized spacial score (nSPS) is 19.1. The highest BCUT2D eigenvalue weighted by atomic mass is 32.1. The second-order valence-electron chi connectivity index (χ2n) is 4.79. The smallest absolute Gasteiger partial charge is 0.324 e. The van der Waals surface area contributed by atoms with Crippen molar-refractivity contribution in [1.82, 2.24) is 10.2 Å². The minimum absolute atomic E-state index is 0.0103. The van der Waals surface area contributed by atoms with Gasteiger partial charge in [0, 0.05) is 19.7 Å². The summed E-state index contributed by atoms with van der Waals surface area (Å²) in [5.41, 5.74) is 0. The van der Waals surface area contributed by atoms with Gasteiger partial charge in [0.1, 0.15) is 0 Å². The van der Waals surface area contributed by atoms with E-state index in [2.05, 4.69) is 5.32 Å². The maximum absolute atomic E-state index is 12.1. The maximum Gasteiger partial charge on any atom is 0.324 e. The summed E-state index contributed by atoms with van der Waals surface area (Å²) in [6.07, 6.45) is 2.26. The molecule has 19 heavy (non-hydrogen) atoms. The van der Waals surface area contributed by atoms with Gasteiger partial charge >= 0.3 is 5.00 Å². The third-order valence-electron chi connectivity index (χ3n) is 3.26. The van der Waals surface area contributed by atoms with E-state index in [1.165, 1.54) is 12.1 Å². The van der Waals surface area contributed by atoms with Crippen LogP contribution in [0.4, 0.5) is 5.00 Å². The molecular formula is C12H17N3O3S. The van der Waals surface area contributed by atoms with Crippen LogP contribution in [-0.2, 0) is 0 Å². The van der Waals surface area contributed by atoms with Crippen molar-refractivity contribution in [3.05, 3.63) is 27.1 Å². The van der Waals surface area contributed by atoms with Gasteiger partial charge in [-0.3, -0.25) is 14.9 Å². The predicted molar refractivity (Wildman–Crippen MR) is 73.5 cm³/mol. The summed E-state index contributed by atoms with van der Waals surface area (Å²) in [7, 11) is 1.75. The number of nitrogens with zero attached hydrogens (tertiary/aromatic N) is 2. The Morgan fingerprint density at radius 3 is 3.00 bits per heavy atom. The van der Waals surface area contributed by atoms with Crippen LogP contribution in [0.5, 0.6) is 0 Å². The molecule has 1 aliphatic heterocycles. The highest BCUT2D eigenvalue weighted by molar-refractivity contribution is 7.17. The topological polar surface area (TPSA) is 75.5 Å². The molecule has 1 amide bonds. The Morgan fingerprint density at radius 2 is 2.42 bits per heavy atom. The zero-order chi connectivity index (χ0) is 13.8. The van der Waals surface area contributed by atoms with Crippen LogP contribution in [0.15, 0.2) is 12.1 Å². The van der Waals surface area contributed by atoms with Gasteiger partial charge in [-0.05, 0) is 37.9 Å². The van der Waals surface area contributed by atoms with Crippen molar-refractivity contribution >= 4 is 22.2 Å². The molecule has 1 unspecified atom stereocenters. The minimum atomic E-state index is -0.466. The molecule has 0 radical (unpaired) electrons. The van der Waals surface area contributed by atoms with Crippen LogP contribution in [0.2, 0.25) is 0 Å². The van der Waals surface area contributed by atoms with Gasteiger partial charge in [-0.2, -0.15) is 0 Å². The monoisotopic (exact) mass is 283 g/mol. The summed E-state index contributed by atoms with van der Waals surface area (Å²) >= 11 is 0.934. The maximum atomic E-state index is 12.1. The Hall–Kier alpha value is -1.47. The molecule has 104 valence electrons. The van der Waals surface area contributed by atoms with Crippen molar-refractivity contribution in [2.24, 2.45) is 5.92 Å². The van der Waals surface area contributed by atoms with Gasteiger partial charge in [0.2, 0.25) is 0 Å². The lowest BCUT2D eigenvalue weighted by Gasteiger charge is -2.27. The third-order valence-corrected chi connectivity index (χ3v) is 4.29. The molecule has 1 saturated heterocycles. The highest BCUT2D eigenvalue weighted by Gasteiger charge is 2.21. The molecule has 0 saturated carbocycles. The molecule has 1 aromatic rings. The van der Waals surface area contributed by atoms with E-state index in [0.717, 1.165) is 37.3 Å². The first-order valence-electron chi connectivity index (χ1n) is 6.28. The summed E-state index contributed by atoms with van der Waals surface area (Å²) in [5, 5.41) is 13.9. The molecule has 1 aromatic heterocycles. The molecule has 0 aromatic carbocycles. The van der Waals surface area contributed by atoms with Gasteiger partial charge in [0.05, 0.1) is 9.80 Å². The lowest BCUT2D eigenvalue weighted by atomic mass is 9.99. The summed E-state index contributed by atoms with van der Waals surface area (Å²) in [6.45, 7) is 2.67. The highest BCUT2D eigenvalue weighted by Crippen LogP contribution is 2.25. The number of nitro groups is 1. The summed E-state index contributed by atoms with van der Waals surface area (Å²) in [5.74, 6) is 0.335. The second-order valence-corrected chi connectivity index (χ2v) is 5.86. The fourth-order valence-electron chi connectivity index (χ4n) is 2.28. The van der Waals surface area contributed by atoms with Gasteiger partial charge in [0.15, 0.2) is 0 Å². The van der Waals surface area contributed by atoms with Crippen molar-refractivity contribution in [3.8, 4) is 0 Å². The Labute approximate surface area is 115 Å². The number of carbonyl (C=O) groups is 1. The van der Waals surface area contributed by atoms with Crippen LogP contribution in [0.1, 0.15) is 22.5 Å². The number of nitrogens with one attached hydrogen (secondary N) is 1. The van der Waals surface area contributed by atoms with Crippen LogP contribution in [0.3, 0.4) is 0 Å². The molecule has 0 spiro atoms. The first kappa shape index (κ1) is 14.0. The lowest BCUT2D eigenvalue weighted by Crippen LogP contribution is -2.38. The van der Waals surface area contributed by atoms with Crippen molar-refractivity contribution in [2.45, 2.75) is 12.8 Å². The molecule has 6 nitrogen and oxygen atoms in total. The summed E-state index contributed by atoms with van der Waals surface area (Å²) in [6, 6.07) is 2.91. The second kappa shape index (κ2) is 6.12. The third kappa shape index (κ3) is 3.51. The first-order valence-corrected chi connectivity index (χ1v) is 7.10. The number of hydrogen-bond donors (Lipinski definition) is 1. The molecule has 7 heteroatoms. The van der Waals surface area contributed by atoms with Gasteiger partial charge in [-0.15, -0.1) is 0 Å². The fourth-order valence-corrected chi connectivity index (χ4v) is 3.09. The standard InChI is InChI=1S/C12H17N3O3S/c1-14(8-9-3-2-6-13-7-9)12(16)10-4-5-11(19-10)15(17)18/h4-5,9,13H,2-3,6-8H2,1H3. The van der Waals surface area contributed by atoms with Gasteiger partial charge in [-0.25, -0.2) is 0 Å². The first-order chi connectivity index (χ1) is 9.08. The number of hydrogen-bond acceptors (Lipinski definition) is 5. The predicted octanol–water partition coefficient (Wildman–Crippen LogP) is 1.73. The number of amides is 1. The molecule has 1 fully saturated rings. The largest absolute Gasteiger partial charge is 0.341 e. The van der Waals surface area contributed by atoms with Crippen molar-refractivity contribution in [1.29, 1.82) is 0 Å². The summed E-state index contributed by atoms with van der Waals surface area (Å²) in [4.78, 5) is 24.4. The average molecular weight is 283 g/mol. The van der Waals surface area contributed by atoms with Crippen LogP contribution < -0.4 is 5.32 Å². The Balaban J connectivity index is 1.95. The van der Waals surface area contributed by atoms with Crippen LogP contribution in [-0.4, -0.2) is 42.4 Å². The van der Waals surface area contributed by atoms with Crippen LogP contribution >= 0.6 is 11.3 Å². The zero-order valence-electron chi connectivity index (χ0n) is 10.8. The Kier molecular flexibility index (Phi) is 4.49. The van der Waals surface area contributed by atoms with E-state index >= 15 is 0 Å². The summed E-state index contributed by atoms with van der Waals surface area (Å²) < 4.78 is 0. The van der Waals surface area contributed by atoms with Crippen LogP contribution in [0, 0.1) is 16.0 Å². The number of piperidine rings is 1. The van der Waals surface area contributed by atoms with Gasteiger partial charge < -0.3 is 10.2 Å². The molecule has 2 rings (SSSR count). The van der Waals surface area contributed by atoms with E-state index in [9.17, 15) is 14.9 Å². The van der Waals surface area contributed by atoms with E-state index in [1.807, 2.05) is 0 Å².